The maximum Gasteiger partial charge on any atom is 0.269 e. The van der Waals surface area contributed by atoms with Crippen molar-refractivity contribution in [3.05, 3.63) is 34.4 Å². The Kier molecular flexibility index (Phi) is 3.43. The average Bonchev–Trinajstić information content (AvgIpc) is 2.18. The fourth-order valence-corrected chi connectivity index (χ4v) is 2.59. The van der Waals surface area contributed by atoms with Crippen LogP contribution in [0.2, 0.25) is 0 Å². The fourth-order valence-electron chi connectivity index (χ4n) is 0.838. The largest absolute Gasteiger partial charge is 0.269 e. The predicted molar refractivity (Wildman–Crippen MR) is 59.2 cm³/mol. The second-order valence-electron chi connectivity index (χ2n) is 2.47. The first-order valence-electron chi connectivity index (χ1n) is 3.50. The molecule has 0 saturated heterocycles. The van der Waals surface area contributed by atoms with Gasteiger partial charge in [-0.25, -0.2) is 8.42 Å². The van der Waals surface area contributed by atoms with E-state index in [0.717, 1.165) is 0 Å². The molecule has 0 amide bonds. The number of nitrogens with zero attached hydrogens (tertiary/aromatic N) is 1. The molecule has 0 N–H and O–H groups in total. The maximum absolute atomic E-state index is 11.3. The van der Waals surface area contributed by atoms with Crippen molar-refractivity contribution in [2.24, 2.45) is 0 Å². The van der Waals surface area contributed by atoms with E-state index in [1.165, 1.54) is 24.3 Å². The highest BCUT2D eigenvalue weighted by atomic mass is 127. The molecule has 0 aliphatic heterocycles. The summed E-state index contributed by atoms with van der Waals surface area (Å²) < 4.78 is 22.6. The van der Waals surface area contributed by atoms with Crippen LogP contribution in [0.25, 0.3) is 0 Å². The molecule has 0 fully saturated rings. The third-order valence-corrected chi connectivity index (χ3v) is 5.29. The van der Waals surface area contributed by atoms with Gasteiger partial charge in [-0.1, -0.05) is 22.6 Å². The molecule has 1 rings (SSSR count). The molecule has 5 nitrogen and oxygen atoms in total. The summed E-state index contributed by atoms with van der Waals surface area (Å²) in [6.45, 7) is 0. The van der Waals surface area contributed by atoms with Crippen LogP contribution in [0.3, 0.4) is 0 Å². The van der Waals surface area contributed by atoms with E-state index >= 15 is 0 Å². The summed E-state index contributed by atoms with van der Waals surface area (Å²) in [6.07, 6.45) is 0. The van der Waals surface area contributed by atoms with E-state index in [4.69, 9.17) is 0 Å². The SMILES string of the molecule is O=[N+]([O-])c1ccc(S(=O)(=O)CI)cc1. The summed E-state index contributed by atoms with van der Waals surface area (Å²) in [7, 11) is -3.28. The second kappa shape index (κ2) is 4.22. The number of sulfone groups is 1. The Hall–Kier alpha value is -0.700. The van der Waals surface area contributed by atoms with Gasteiger partial charge in [-0.3, -0.25) is 10.1 Å². The molecule has 0 spiro atoms. The van der Waals surface area contributed by atoms with Crippen molar-refractivity contribution < 1.29 is 13.3 Å². The van der Waals surface area contributed by atoms with Crippen molar-refractivity contribution in [1.82, 2.24) is 0 Å². The average molecular weight is 327 g/mol. The zero-order valence-corrected chi connectivity index (χ0v) is 9.86. The first kappa shape index (κ1) is 11.4. The molecule has 0 bridgehead atoms. The highest BCUT2D eigenvalue weighted by Crippen LogP contribution is 2.17. The van der Waals surface area contributed by atoms with E-state index in [9.17, 15) is 18.5 Å². The van der Waals surface area contributed by atoms with E-state index < -0.39 is 14.8 Å². The Labute approximate surface area is 94.3 Å². The van der Waals surface area contributed by atoms with Crippen molar-refractivity contribution in [3.63, 3.8) is 0 Å². The van der Waals surface area contributed by atoms with Crippen LogP contribution < -0.4 is 0 Å². The maximum atomic E-state index is 11.3. The molecule has 0 saturated carbocycles. The van der Waals surface area contributed by atoms with E-state index in [1.807, 2.05) is 0 Å². The summed E-state index contributed by atoms with van der Waals surface area (Å²) in [5.74, 6) is 0. The number of hydrogen-bond acceptors (Lipinski definition) is 4. The van der Waals surface area contributed by atoms with Gasteiger partial charge in [0.05, 0.1) is 9.82 Å². The van der Waals surface area contributed by atoms with Crippen molar-refractivity contribution in [3.8, 4) is 0 Å². The number of non-ortho nitro benzene ring substituents is 1. The third-order valence-electron chi connectivity index (χ3n) is 1.55. The lowest BCUT2D eigenvalue weighted by molar-refractivity contribution is -0.384. The van der Waals surface area contributed by atoms with Gasteiger partial charge in [-0.15, -0.1) is 0 Å². The van der Waals surface area contributed by atoms with Crippen LogP contribution in [0.4, 0.5) is 5.69 Å². The zero-order valence-electron chi connectivity index (χ0n) is 6.88. The zero-order chi connectivity index (χ0) is 10.8. The summed E-state index contributed by atoms with van der Waals surface area (Å²) in [5.41, 5.74) is -0.114. The Morgan fingerprint density at radius 1 is 1.29 bits per heavy atom. The minimum atomic E-state index is -3.28. The van der Waals surface area contributed by atoms with Gasteiger partial charge in [-0.2, -0.15) is 0 Å². The lowest BCUT2D eigenvalue weighted by Gasteiger charge is -1.98. The number of benzene rings is 1. The van der Waals surface area contributed by atoms with Crippen LogP contribution in [0.15, 0.2) is 29.2 Å². The minimum absolute atomic E-state index is 0.0391. The van der Waals surface area contributed by atoms with Crippen LogP contribution in [-0.2, 0) is 9.84 Å². The van der Waals surface area contributed by atoms with E-state index in [1.54, 1.807) is 22.6 Å². The number of rotatable bonds is 3. The quantitative estimate of drug-likeness (QED) is 0.367. The Morgan fingerprint density at radius 3 is 2.14 bits per heavy atom. The molecular formula is C7H6INO4S. The molecule has 0 aliphatic carbocycles. The predicted octanol–water partition coefficient (Wildman–Crippen LogP) is 1.76. The number of halogens is 1. The van der Waals surface area contributed by atoms with Gasteiger partial charge in [0.2, 0.25) is 0 Å². The highest BCUT2D eigenvalue weighted by Gasteiger charge is 2.13. The van der Waals surface area contributed by atoms with E-state index in [2.05, 4.69) is 0 Å². The van der Waals surface area contributed by atoms with Gasteiger partial charge in [-0.05, 0) is 12.1 Å². The van der Waals surface area contributed by atoms with Crippen LogP contribution in [0.1, 0.15) is 0 Å². The minimum Gasteiger partial charge on any atom is -0.258 e. The summed E-state index contributed by atoms with van der Waals surface area (Å²) >= 11 is 1.73. The molecular weight excluding hydrogens is 321 g/mol. The molecule has 0 heterocycles. The molecule has 7 heteroatoms. The first-order valence-corrected chi connectivity index (χ1v) is 6.68. The van der Waals surface area contributed by atoms with Gasteiger partial charge in [0, 0.05) is 12.1 Å². The Morgan fingerprint density at radius 2 is 1.79 bits per heavy atom. The Bertz CT molecular complexity index is 439. The molecule has 0 aromatic heterocycles. The number of nitro groups is 1. The van der Waals surface area contributed by atoms with Crippen molar-refractivity contribution in [2.75, 3.05) is 3.76 Å². The summed E-state index contributed by atoms with van der Waals surface area (Å²) in [6, 6.07) is 4.84. The smallest absolute Gasteiger partial charge is 0.258 e. The molecule has 0 atom stereocenters. The van der Waals surface area contributed by atoms with Crippen LogP contribution in [-0.4, -0.2) is 17.1 Å². The fraction of sp³-hybridized carbons (Fsp3) is 0.143. The number of nitro benzene ring substituents is 1. The summed E-state index contributed by atoms with van der Waals surface area (Å²) in [4.78, 5) is 9.83. The molecule has 0 aliphatic rings. The molecule has 0 unspecified atom stereocenters. The standard InChI is InChI=1S/C7H6INO4S/c8-5-14(12,13)7-3-1-6(2-4-7)9(10)11/h1-4H,5H2. The van der Waals surface area contributed by atoms with Crippen LogP contribution in [0.5, 0.6) is 0 Å². The Balaban J connectivity index is 3.12. The first-order chi connectivity index (χ1) is 6.47. The molecule has 0 radical (unpaired) electrons. The van der Waals surface area contributed by atoms with Crippen LogP contribution in [0, 0.1) is 10.1 Å². The van der Waals surface area contributed by atoms with Crippen molar-refractivity contribution in [2.45, 2.75) is 4.90 Å². The van der Waals surface area contributed by atoms with Gasteiger partial charge < -0.3 is 0 Å². The molecule has 14 heavy (non-hydrogen) atoms. The van der Waals surface area contributed by atoms with E-state index in [-0.39, 0.29) is 14.3 Å². The second-order valence-corrected chi connectivity index (χ2v) is 6.26. The molecule has 1 aromatic carbocycles. The van der Waals surface area contributed by atoms with Gasteiger partial charge >= 0.3 is 0 Å². The topological polar surface area (TPSA) is 77.3 Å². The molecule has 76 valence electrons. The normalized spacial score (nSPS) is 11.2. The summed E-state index contributed by atoms with van der Waals surface area (Å²) in [5, 5.41) is 10.3. The van der Waals surface area contributed by atoms with Gasteiger partial charge in [0.25, 0.3) is 5.69 Å². The lowest BCUT2D eigenvalue weighted by atomic mass is 10.3. The lowest BCUT2D eigenvalue weighted by Crippen LogP contribution is -2.01. The number of hydrogen-bond donors (Lipinski definition) is 0. The highest BCUT2D eigenvalue weighted by molar-refractivity contribution is 14.1. The van der Waals surface area contributed by atoms with E-state index in [0.29, 0.717) is 0 Å². The van der Waals surface area contributed by atoms with Crippen molar-refractivity contribution in [1.29, 1.82) is 0 Å². The van der Waals surface area contributed by atoms with Gasteiger partial charge in [0.15, 0.2) is 9.84 Å². The van der Waals surface area contributed by atoms with Crippen molar-refractivity contribution >= 4 is 38.1 Å². The number of alkyl halides is 1. The molecule has 1 aromatic rings. The third kappa shape index (κ3) is 2.41. The van der Waals surface area contributed by atoms with Gasteiger partial charge in [0.1, 0.15) is 3.76 Å². The van der Waals surface area contributed by atoms with Crippen LogP contribution >= 0.6 is 22.6 Å². The monoisotopic (exact) mass is 327 g/mol.